The van der Waals surface area contributed by atoms with Gasteiger partial charge in [-0.3, -0.25) is 4.90 Å². The van der Waals surface area contributed by atoms with Gasteiger partial charge >= 0.3 is 0 Å². The number of hydrogen-bond acceptors (Lipinski definition) is 1. The summed E-state index contributed by atoms with van der Waals surface area (Å²) in [5.74, 6) is 0. The molecule has 1 saturated heterocycles. The van der Waals surface area contributed by atoms with Crippen molar-refractivity contribution in [3.63, 3.8) is 0 Å². The summed E-state index contributed by atoms with van der Waals surface area (Å²) in [7, 11) is 0. The molecule has 1 fully saturated rings. The van der Waals surface area contributed by atoms with E-state index in [1.54, 1.807) is 0 Å². The Morgan fingerprint density at radius 1 is 1.33 bits per heavy atom. The number of piperidine rings is 1. The molecule has 0 unspecified atom stereocenters. The third-order valence-corrected chi connectivity index (χ3v) is 2.21. The highest BCUT2D eigenvalue weighted by Gasteiger charge is 2.06. The van der Waals surface area contributed by atoms with Gasteiger partial charge in [0.05, 0.1) is 0 Å². The molecule has 1 rings (SSSR count). The number of allylic oxidation sites excluding steroid dienone is 2. The van der Waals surface area contributed by atoms with E-state index in [0.29, 0.717) is 0 Å². The Labute approximate surface area is 75.8 Å². The van der Waals surface area contributed by atoms with Gasteiger partial charge in [-0.15, -0.1) is 0 Å². The van der Waals surface area contributed by atoms with Crippen LogP contribution in [0.3, 0.4) is 0 Å². The van der Waals surface area contributed by atoms with Crippen LogP contribution in [0.4, 0.5) is 0 Å². The van der Waals surface area contributed by atoms with Crippen molar-refractivity contribution in [1.82, 2.24) is 4.90 Å². The van der Waals surface area contributed by atoms with Gasteiger partial charge in [-0.25, -0.2) is 0 Å². The fourth-order valence-corrected chi connectivity index (χ4v) is 1.54. The van der Waals surface area contributed by atoms with E-state index in [9.17, 15) is 0 Å². The maximum absolute atomic E-state index is 3.83. The van der Waals surface area contributed by atoms with Crippen molar-refractivity contribution in [2.45, 2.75) is 26.2 Å². The third-order valence-electron chi connectivity index (χ3n) is 2.21. The molecule has 12 heavy (non-hydrogen) atoms. The lowest BCUT2D eigenvalue weighted by molar-refractivity contribution is 0.251. The van der Waals surface area contributed by atoms with Crippen LogP contribution in [0.5, 0.6) is 0 Å². The molecule has 0 bridgehead atoms. The largest absolute Gasteiger partial charge is 0.300 e. The molecular weight excluding hydrogens is 146 g/mol. The minimum Gasteiger partial charge on any atom is -0.300 e. The zero-order chi connectivity index (χ0) is 8.81. The molecule has 0 aromatic rings. The van der Waals surface area contributed by atoms with Crippen molar-refractivity contribution in [2.75, 3.05) is 19.6 Å². The highest BCUT2D eigenvalue weighted by molar-refractivity contribution is 5.11. The maximum atomic E-state index is 3.83. The number of nitrogens with zero attached hydrogens (tertiary/aromatic N) is 1. The second-order valence-electron chi connectivity index (χ2n) is 3.61. The lowest BCUT2D eigenvalue weighted by Gasteiger charge is -2.24. The van der Waals surface area contributed by atoms with Gasteiger partial charge in [-0.1, -0.05) is 30.7 Å². The van der Waals surface area contributed by atoms with Crippen LogP contribution in [-0.2, 0) is 0 Å². The van der Waals surface area contributed by atoms with Crippen LogP contribution in [0.2, 0.25) is 0 Å². The lowest BCUT2D eigenvalue weighted by atomic mass is 10.1. The molecular formula is C11H19N. The Kier molecular flexibility index (Phi) is 4.09. The summed E-state index contributed by atoms with van der Waals surface area (Å²) >= 11 is 0. The Morgan fingerprint density at radius 2 is 2.00 bits per heavy atom. The number of hydrogen-bond donors (Lipinski definition) is 0. The highest BCUT2D eigenvalue weighted by atomic mass is 15.1. The summed E-state index contributed by atoms with van der Waals surface area (Å²) in [6.45, 7) is 9.53. The van der Waals surface area contributed by atoms with E-state index in [-0.39, 0.29) is 0 Å². The predicted octanol–water partition coefficient (Wildman–Crippen LogP) is 2.60. The third kappa shape index (κ3) is 3.72. The Bertz CT molecular complexity index is 164. The standard InChI is InChI=1S/C11H19N/c1-11(2)7-6-10-12-8-4-3-5-9-12/h6-7H,1,3-5,8-10H2,2H3/b7-6+. The maximum Gasteiger partial charge on any atom is 0.0166 e. The fourth-order valence-electron chi connectivity index (χ4n) is 1.54. The molecule has 0 radical (unpaired) electrons. The van der Waals surface area contributed by atoms with Crippen LogP contribution in [-0.4, -0.2) is 24.5 Å². The molecule has 0 aromatic carbocycles. The second-order valence-corrected chi connectivity index (χ2v) is 3.61. The topological polar surface area (TPSA) is 3.24 Å². The molecule has 0 amide bonds. The molecule has 1 aliphatic heterocycles. The molecule has 1 heteroatoms. The highest BCUT2D eigenvalue weighted by Crippen LogP contribution is 2.07. The molecule has 1 heterocycles. The minimum atomic E-state index is 1.10. The number of likely N-dealkylation sites (tertiary alicyclic amines) is 1. The van der Waals surface area contributed by atoms with Gasteiger partial charge in [0.2, 0.25) is 0 Å². The SMILES string of the molecule is C=C(C)/C=C/CN1CCCCC1. The molecule has 1 aliphatic rings. The average Bonchev–Trinajstić information content (AvgIpc) is 2.05. The van der Waals surface area contributed by atoms with Crippen LogP contribution in [0, 0.1) is 0 Å². The van der Waals surface area contributed by atoms with Crippen molar-refractivity contribution in [2.24, 2.45) is 0 Å². The molecule has 0 saturated carbocycles. The van der Waals surface area contributed by atoms with Gasteiger partial charge in [-0.05, 0) is 32.9 Å². The molecule has 0 aliphatic carbocycles. The molecule has 0 N–H and O–H groups in total. The Hall–Kier alpha value is -0.560. The van der Waals surface area contributed by atoms with Crippen molar-refractivity contribution in [3.05, 3.63) is 24.3 Å². The smallest absolute Gasteiger partial charge is 0.0166 e. The monoisotopic (exact) mass is 165 g/mol. The Morgan fingerprint density at radius 3 is 2.58 bits per heavy atom. The van der Waals surface area contributed by atoms with Crippen LogP contribution >= 0.6 is 0 Å². The summed E-state index contributed by atoms with van der Waals surface area (Å²) < 4.78 is 0. The summed E-state index contributed by atoms with van der Waals surface area (Å²) in [5.41, 5.74) is 1.15. The van der Waals surface area contributed by atoms with Gasteiger partial charge in [0, 0.05) is 6.54 Å². The zero-order valence-electron chi connectivity index (χ0n) is 8.05. The van der Waals surface area contributed by atoms with E-state index in [1.807, 2.05) is 6.92 Å². The first-order valence-corrected chi connectivity index (χ1v) is 4.83. The van der Waals surface area contributed by atoms with E-state index in [2.05, 4.69) is 23.6 Å². The van der Waals surface area contributed by atoms with Crippen LogP contribution in [0.25, 0.3) is 0 Å². The second kappa shape index (κ2) is 5.15. The molecule has 0 atom stereocenters. The van der Waals surface area contributed by atoms with Crippen molar-refractivity contribution < 1.29 is 0 Å². The normalized spacial score (nSPS) is 20.1. The van der Waals surface area contributed by atoms with Gasteiger partial charge in [-0.2, -0.15) is 0 Å². The van der Waals surface area contributed by atoms with Gasteiger partial charge in [0.15, 0.2) is 0 Å². The molecule has 68 valence electrons. The fraction of sp³-hybridized carbons (Fsp3) is 0.636. The quantitative estimate of drug-likeness (QED) is 0.581. The number of rotatable bonds is 3. The van der Waals surface area contributed by atoms with Crippen LogP contribution < -0.4 is 0 Å². The summed E-state index contributed by atoms with van der Waals surface area (Å²) in [4.78, 5) is 2.50. The van der Waals surface area contributed by atoms with Crippen LogP contribution in [0.15, 0.2) is 24.3 Å². The zero-order valence-corrected chi connectivity index (χ0v) is 8.05. The van der Waals surface area contributed by atoms with Gasteiger partial charge < -0.3 is 0 Å². The summed E-state index contributed by atoms with van der Waals surface area (Å²) in [6.07, 6.45) is 8.49. The summed E-state index contributed by atoms with van der Waals surface area (Å²) in [6, 6.07) is 0. The van der Waals surface area contributed by atoms with Gasteiger partial charge in [0.1, 0.15) is 0 Å². The molecule has 1 nitrogen and oxygen atoms in total. The molecule has 0 spiro atoms. The van der Waals surface area contributed by atoms with E-state index < -0.39 is 0 Å². The van der Waals surface area contributed by atoms with Crippen molar-refractivity contribution >= 4 is 0 Å². The van der Waals surface area contributed by atoms with Crippen molar-refractivity contribution in [3.8, 4) is 0 Å². The van der Waals surface area contributed by atoms with E-state index in [1.165, 1.54) is 32.4 Å². The minimum absolute atomic E-state index is 1.10. The summed E-state index contributed by atoms with van der Waals surface area (Å²) in [5, 5.41) is 0. The average molecular weight is 165 g/mol. The first kappa shape index (κ1) is 9.53. The predicted molar refractivity (Wildman–Crippen MR) is 54.2 cm³/mol. The van der Waals surface area contributed by atoms with E-state index >= 15 is 0 Å². The van der Waals surface area contributed by atoms with E-state index in [0.717, 1.165) is 12.1 Å². The lowest BCUT2D eigenvalue weighted by Crippen LogP contribution is -2.29. The molecule has 0 aromatic heterocycles. The first-order chi connectivity index (χ1) is 5.79. The Balaban J connectivity index is 2.17. The van der Waals surface area contributed by atoms with Crippen molar-refractivity contribution in [1.29, 1.82) is 0 Å². The van der Waals surface area contributed by atoms with Gasteiger partial charge in [0.25, 0.3) is 0 Å². The first-order valence-electron chi connectivity index (χ1n) is 4.83. The van der Waals surface area contributed by atoms with Crippen LogP contribution in [0.1, 0.15) is 26.2 Å². The van der Waals surface area contributed by atoms with E-state index in [4.69, 9.17) is 0 Å².